The van der Waals surface area contributed by atoms with Gasteiger partial charge < -0.3 is 5.32 Å². The third kappa shape index (κ3) is 1.75. The van der Waals surface area contributed by atoms with Gasteiger partial charge in [0.2, 0.25) is 0 Å². The number of halogens is 3. The fraction of sp³-hybridized carbons (Fsp3) is 0.400. The van der Waals surface area contributed by atoms with Gasteiger partial charge in [-0.05, 0) is 23.8 Å². The standard InChI is InChI=1S/C10H10F3N/c11-8-1-2-9(12)7(3-8)4-10(13)5-14-6-10/h1-3,14H,4-6H2. The van der Waals surface area contributed by atoms with Crippen molar-refractivity contribution in [3.8, 4) is 0 Å². The Morgan fingerprint density at radius 3 is 2.57 bits per heavy atom. The zero-order chi connectivity index (χ0) is 10.2. The van der Waals surface area contributed by atoms with E-state index in [9.17, 15) is 13.2 Å². The van der Waals surface area contributed by atoms with Crippen molar-refractivity contribution in [1.29, 1.82) is 0 Å². The summed E-state index contributed by atoms with van der Waals surface area (Å²) in [4.78, 5) is 0. The van der Waals surface area contributed by atoms with Crippen molar-refractivity contribution < 1.29 is 13.2 Å². The quantitative estimate of drug-likeness (QED) is 0.769. The lowest BCUT2D eigenvalue weighted by atomic mass is 9.91. The molecule has 14 heavy (non-hydrogen) atoms. The third-order valence-electron chi connectivity index (χ3n) is 2.40. The van der Waals surface area contributed by atoms with E-state index in [2.05, 4.69) is 5.32 Å². The summed E-state index contributed by atoms with van der Waals surface area (Å²) in [5.41, 5.74) is -1.30. The van der Waals surface area contributed by atoms with Gasteiger partial charge in [-0.2, -0.15) is 0 Å². The van der Waals surface area contributed by atoms with Gasteiger partial charge in [0.25, 0.3) is 0 Å². The number of rotatable bonds is 2. The smallest absolute Gasteiger partial charge is 0.139 e. The molecule has 0 radical (unpaired) electrons. The predicted molar refractivity (Wildman–Crippen MR) is 46.8 cm³/mol. The Labute approximate surface area is 79.9 Å². The summed E-state index contributed by atoms with van der Waals surface area (Å²) in [6, 6.07) is 3.11. The monoisotopic (exact) mass is 201 g/mol. The third-order valence-corrected chi connectivity index (χ3v) is 2.40. The number of nitrogens with one attached hydrogen (secondary N) is 1. The van der Waals surface area contributed by atoms with Gasteiger partial charge in [-0.25, -0.2) is 13.2 Å². The predicted octanol–water partition coefficient (Wildman–Crippen LogP) is 1.82. The Bertz CT molecular complexity index is 347. The maximum atomic E-state index is 13.6. The first-order valence-corrected chi connectivity index (χ1v) is 4.43. The van der Waals surface area contributed by atoms with Crippen LogP contribution in [0.25, 0.3) is 0 Å². The van der Waals surface area contributed by atoms with Gasteiger partial charge >= 0.3 is 0 Å². The number of benzene rings is 1. The largest absolute Gasteiger partial charge is 0.310 e. The van der Waals surface area contributed by atoms with Crippen LogP contribution >= 0.6 is 0 Å². The van der Waals surface area contributed by atoms with Gasteiger partial charge in [-0.3, -0.25) is 0 Å². The lowest BCUT2D eigenvalue weighted by Crippen LogP contribution is -2.57. The molecule has 0 atom stereocenters. The highest BCUT2D eigenvalue weighted by atomic mass is 19.1. The van der Waals surface area contributed by atoms with E-state index in [0.717, 1.165) is 18.2 Å². The van der Waals surface area contributed by atoms with Gasteiger partial charge in [0, 0.05) is 19.5 Å². The van der Waals surface area contributed by atoms with Crippen LogP contribution in [-0.4, -0.2) is 18.8 Å². The van der Waals surface area contributed by atoms with Crippen LogP contribution in [-0.2, 0) is 6.42 Å². The van der Waals surface area contributed by atoms with E-state index >= 15 is 0 Å². The second-order valence-corrected chi connectivity index (χ2v) is 3.67. The molecule has 1 aromatic carbocycles. The highest BCUT2D eigenvalue weighted by Gasteiger charge is 2.37. The van der Waals surface area contributed by atoms with E-state index in [4.69, 9.17) is 0 Å². The Hall–Kier alpha value is -1.03. The van der Waals surface area contributed by atoms with E-state index in [1.807, 2.05) is 0 Å². The molecule has 0 unspecified atom stereocenters. The maximum Gasteiger partial charge on any atom is 0.139 e. The molecule has 0 bridgehead atoms. The molecule has 1 aliphatic rings. The lowest BCUT2D eigenvalue weighted by molar-refractivity contribution is 0.0900. The Morgan fingerprint density at radius 1 is 1.29 bits per heavy atom. The molecule has 1 fully saturated rings. The summed E-state index contributed by atoms with van der Waals surface area (Å²) in [6.45, 7) is 0.423. The highest BCUT2D eigenvalue weighted by Crippen LogP contribution is 2.24. The van der Waals surface area contributed by atoms with Crippen LogP contribution in [0.1, 0.15) is 5.56 Å². The van der Waals surface area contributed by atoms with Crippen LogP contribution in [0.15, 0.2) is 18.2 Å². The zero-order valence-electron chi connectivity index (χ0n) is 7.49. The number of hydrogen-bond acceptors (Lipinski definition) is 1. The van der Waals surface area contributed by atoms with Crippen molar-refractivity contribution in [2.75, 3.05) is 13.1 Å². The molecule has 0 spiro atoms. The van der Waals surface area contributed by atoms with Gasteiger partial charge in [0.1, 0.15) is 17.3 Å². The highest BCUT2D eigenvalue weighted by molar-refractivity contribution is 5.22. The summed E-state index contributed by atoms with van der Waals surface area (Å²) in [5, 5.41) is 2.76. The zero-order valence-corrected chi connectivity index (χ0v) is 7.49. The van der Waals surface area contributed by atoms with Crippen LogP contribution in [0.5, 0.6) is 0 Å². The van der Waals surface area contributed by atoms with Crippen LogP contribution in [0.3, 0.4) is 0 Å². The average molecular weight is 201 g/mol. The molecular weight excluding hydrogens is 191 g/mol. The molecule has 1 aromatic rings. The molecule has 1 N–H and O–H groups in total. The van der Waals surface area contributed by atoms with E-state index in [1.54, 1.807) is 0 Å². The lowest BCUT2D eigenvalue weighted by Gasteiger charge is -2.35. The minimum absolute atomic E-state index is 0.0659. The van der Waals surface area contributed by atoms with Crippen molar-refractivity contribution in [2.45, 2.75) is 12.1 Å². The van der Waals surface area contributed by atoms with Gasteiger partial charge in [-0.15, -0.1) is 0 Å². The normalized spacial score (nSPS) is 19.1. The summed E-state index contributed by atoms with van der Waals surface area (Å²) in [7, 11) is 0. The van der Waals surface area contributed by atoms with E-state index in [-0.39, 0.29) is 25.1 Å². The van der Waals surface area contributed by atoms with E-state index in [0.29, 0.717) is 0 Å². The van der Waals surface area contributed by atoms with Crippen molar-refractivity contribution in [1.82, 2.24) is 5.32 Å². The number of hydrogen-bond donors (Lipinski definition) is 1. The van der Waals surface area contributed by atoms with E-state index in [1.165, 1.54) is 0 Å². The molecule has 1 heterocycles. The van der Waals surface area contributed by atoms with Crippen molar-refractivity contribution >= 4 is 0 Å². The van der Waals surface area contributed by atoms with E-state index < -0.39 is 17.3 Å². The average Bonchev–Trinajstić information content (AvgIpc) is 2.09. The Morgan fingerprint density at radius 2 is 2.00 bits per heavy atom. The second-order valence-electron chi connectivity index (χ2n) is 3.67. The summed E-state index contributed by atoms with van der Waals surface area (Å²) in [6.07, 6.45) is -0.0659. The molecule has 0 aromatic heterocycles. The van der Waals surface area contributed by atoms with Crippen LogP contribution in [0.4, 0.5) is 13.2 Å². The Kier molecular flexibility index (Phi) is 2.23. The van der Waals surface area contributed by atoms with Gasteiger partial charge in [0.05, 0.1) is 0 Å². The molecule has 1 saturated heterocycles. The molecular formula is C10H10F3N. The molecule has 4 heteroatoms. The summed E-state index contributed by atoms with van der Waals surface area (Å²) < 4.78 is 39.4. The van der Waals surface area contributed by atoms with Crippen molar-refractivity contribution in [3.63, 3.8) is 0 Å². The molecule has 1 nitrogen and oxygen atoms in total. The van der Waals surface area contributed by atoms with Crippen molar-refractivity contribution in [3.05, 3.63) is 35.4 Å². The molecule has 1 aliphatic heterocycles. The summed E-state index contributed by atoms with van der Waals surface area (Å²) in [5.74, 6) is -1.08. The minimum atomic E-state index is -1.41. The first-order chi connectivity index (χ1) is 6.59. The summed E-state index contributed by atoms with van der Waals surface area (Å²) >= 11 is 0. The fourth-order valence-corrected chi connectivity index (χ4v) is 1.54. The Balaban J connectivity index is 2.19. The first kappa shape index (κ1) is 9.52. The SMILES string of the molecule is Fc1ccc(F)c(CC2(F)CNC2)c1. The van der Waals surface area contributed by atoms with Crippen LogP contribution < -0.4 is 5.32 Å². The maximum absolute atomic E-state index is 13.6. The van der Waals surface area contributed by atoms with Crippen LogP contribution in [0.2, 0.25) is 0 Å². The molecule has 2 rings (SSSR count). The second kappa shape index (κ2) is 3.28. The molecule has 0 aliphatic carbocycles. The number of alkyl halides is 1. The minimum Gasteiger partial charge on any atom is -0.310 e. The molecule has 0 saturated carbocycles. The fourth-order valence-electron chi connectivity index (χ4n) is 1.54. The molecule has 0 amide bonds. The van der Waals surface area contributed by atoms with Crippen LogP contribution in [0, 0.1) is 11.6 Å². The van der Waals surface area contributed by atoms with Crippen molar-refractivity contribution in [2.24, 2.45) is 0 Å². The first-order valence-electron chi connectivity index (χ1n) is 4.43. The van der Waals surface area contributed by atoms with Gasteiger partial charge in [-0.1, -0.05) is 0 Å². The topological polar surface area (TPSA) is 12.0 Å². The van der Waals surface area contributed by atoms with Gasteiger partial charge in [0.15, 0.2) is 0 Å². The molecule has 76 valence electrons.